The zero-order chi connectivity index (χ0) is 32.6. The van der Waals surface area contributed by atoms with Gasteiger partial charge in [-0.2, -0.15) is 14.9 Å². The molecule has 2 atom stereocenters. The number of rotatable bonds is 8. The van der Waals surface area contributed by atoms with Gasteiger partial charge >= 0.3 is 0 Å². The van der Waals surface area contributed by atoms with Crippen LogP contribution in [0, 0.1) is 11.6 Å². The van der Waals surface area contributed by atoms with E-state index in [1.165, 1.54) is 12.1 Å². The Morgan fingerprint density at radius 1 is 0.854 bits per heavy atom. The van der Waals surface area contributed by atoms with Gasteiger partial charge in [-0.1, -0.05) is 43.2 Å². The molecule has 4 heterocycles. The van der Waals surface area contributed by atoms with E-state index in [1.807, 2.05) is 60.9 Å². The van der Waals surface area contributed by atoms with Crippen LogP contribution in [0.1, 0.15) is 37.3 Å². The first kappa shape index (κ1) is 29.6. The Labute approximate surface area is 274 Å². The van der Waals surface area contributed by atoms with Gasteiger partial charge in [0.25, 0.3) is 5.56 Å². The van der Waals surface area contributed by atoms with Crippen molar-refractivity contribution in [3.63, 3.8) is 0 Å². The van der Waals surface area contributed by atoms with Gasteiger partial charge in [-0.05, 0) is 73.0 Å². The highest BCUT2D eigenvalue weighted by Gasteiger charge is 2.31. The zero-order valence-corrected chi connectivity index (χ0v) is 25.9. The first-order chi connectivity index (χ1) is 23.5. The van der Waals surface area contributed by atoms with E-state index in [1.54, 1.807) is 41.3 Å². The summed E-state index contributed by atoms with van der Waals surface area (Å²) in [6.45, 7) is 0.514. The van der Waals surface area contributed by atoms with Crippen LogP contribution in [-0.2, 0) is 6.54 Å². The van der Waals surface area contributed by atoms with Crippen LogP contribution in [0.2, 0.25) is 0 Å². The van der Waals surface area contributed by atoms with Gasteiger partial charge in [0.1, 0.15) is 17.2 Å². The highest BCUT2D eigenvalue weighted by molar-refractivity contribution is 6.02. The molecular formula is C37H32F2N8O. The van der Waals surface area contributed by atoms with Crippen LogP contribution in [0.25, 0.3) is 33.5 Å². The molecule has 2 aliphatic heterocycles. The van der Waals surface area contributed by atoms with Crippen molar-refractivity contribution in [1.29, 1.82) is 0 Å². The molecule has 11 heteroatoms. The number of hydrogen-bond acceptors (Lipinski definition) is 6. The molecule has 0 unspecified atom stereocenters. The largest absolute Gasteiger partial charge is 0.380 e. The van der Waals surface area contributed by atoms with Crippen LogP contribution in [-0.4, -0.2) is 35.2 Å². The molecule has 1 saturated carbocycles. The third-order valence-electron chi connectivity index (χ3n) is 9.14. The van der Waals surface area contributed by atoms with Gasteiger partial charge in [0.2, 0.25) is 0 Å². The molecule has 8 rings (SSSR count). The standard InChI is InChI=1S/C37H32F2N8O/c38-27-8-1-3-12-31(27)47-37(48)26-23-45(32-13-4-2-10-29(32)43-36-28(39)9-6-19-40-36)33-14-5-11-30(34(33)35(26)44-47)41-22-24-15-17-25(18-16-24)46-21-7-20-42-46/h1,3,5-9,11-12,14-21,23,29,32,41H,2,4,10,13,22H2,(H,40,43)/t29-,32-/m0/s1. The summed E-state index contributed by atoms with van der Waals surface area (Å²) < 4.78 is 34.8. The fourth-order valence-corrected chi connectivity index (χ4v) is 6.80. The molecule has 2 N–H and O–H groups in total. The van der Waals surface area contributed by atoms with Gasteiger partial charge in [0, 0.05) is 48.4 Å². The predicted octanol–water partition coefficient (Wildman–Crippen LogP) is 7.36. The maximum absolute atomic E-state index is 15.0. The van der Waals surface area contributed by atoms with Crippen LogP contribution < -0.4 is 16.2 Å². The fourth-order valence-electron chi connectivity index (χ4n) is 6.80. The van der Waals surface area contributed by atoms with Crippen molar-refractivity contribution < 1.29 is 8.78 Å². The molecule has 240 valence electrons. The second-order valence-corrected chi connectivity index (χ2v) is 12.1. The molecule has 3 aliphatic rings. The summed E-state index contributed by atoms with van der Waals surface area (Å²) in [5.74, 6) is -0.743. The van der Waals surface area contributed by atoms with E-state index in [2.05, 4.69) is 25.3 Å². The minimum absolute atomic E-state index is 0.0870. The van der Waals surface area contributed by atoms with Crippen molar-refractivity contribution in [2.75, 3.05) is 10.6 Å². The number of benzene rings is 3. The summed E-state index contributed by atoms with van der Waals surface area (Å²) in [6.07, 6.45) is 10.6. The van der Waals surface area contributed by atoms with Crippen molar-refractivity contribution >= 4 is 22.4 Å². The minimum atomic E-state index is -0.537. The van der Waals surface area contributed by atoms with Crippen LogP contribution in [0.5, 0.6) is 0 Å². The van der Waals surface area contributed by atoms with Crippen LogP contribution in [0.4, 0.5) is 20.3 Å². The Hall–Kier alpha value is -5.84. The number of aromatic nitrogens is 6. The molecular weight excluding hydrogens is 610 g/mol. The van der Waals surface area contributed by atoms with E-state index >= 15 is 0 Å². The topological polar surface area (TPSA) is 94.6 Å². The summed E-state index contributed by atoms with van der Waals surface area (Å²) in [6, 6.07) is 24.8. The highest BCUT2D eigenvalue weighted by Crippen LogP contribution is 2.39. The molecule has 0 radical (unpaired) electrons. The highest BCUT2D eigenvalue weighted by atomic mass is 19.1. The average Bonchev–Trinajstić information content (AvgIpc) is 3.77. The molecule has 48 heavy (non-hydrogen) atoms. The maximum atomic E-state index is 15.0. The molecule has 2 aromatic heterocycles. The van der Waals surface area contributed by atoms with Crippen LogP contribution in [0.15, 0.2) is 115 Å². The molecule has 1 fully saturated rings. The Morgan fingerprint density at radius 2 is 1.69 bits per heavy atom. The lowest BCUT2D eigenvalue weighted by molar-refractivity contribution is 0.327. The molecule has 1 aliphatic carbocycles. The first-order valence-corrected chi connectivity index (χ1v) is 16.1. The Kier molecular flexibility index (Phi) is 7.64. The zero-order valence-electron chi connectivity index (χ0n) is 25.9. The molecule has 0 amide bonds. The van der Waals surface area contributed by atoms with E-state index in [-0.39, 0.29) is 23.6 Å². The van der Waals surface area contributed by atoms with Crippen molar-refractivity contribution in [2.24, 2.45) is 0 Å². The van der Waals surface area contributed by atoms with Crippen LogP contribution in [0.3, 0.4) is 0 Å². The number of pyridine rings is 2. The Balaban J connectivity index is 1.25. The molecule has 3 aromatic carbocycles. The fraction of sp³-hybridized carbons (Fsp3) is 0.189. The lowest BCUT2D eigenvalue weighted by atomic mass is 9.89. The monoisotopic (exact) mass is 642 g/mol. The molecule has 5 aromatic rings. The Bertz CT molecular complexity index is 2240. The smallest absolute Gasteiger partial charge is 0.282 e. The normalized spacial score (nSPS) is 16.4. The number of hydrogen-bond donors (Lipinski definition) is 2. The Morgan fingerprint density at radius 3 is 2.50 bits per heavy atom. The summed E-state index contributed by atoms with van der Waals surface area (Å²) in [5, 5.41) is 16.7. The predicted molar refractivity (Wildman–Crippen MR) is 182 cm³/mol. The average molecular weight is 643 g/mol. The van der Waals surface area contributed by atoms with Crippen LogP contribution >= 0.6 is 0 Å². The lowest BCUT2D eigenvalue weighted by Gasteiger charge is -2.35. The lowest BCUT2D eigenvalue weighted by Crippen LogP contribution is -2.35. The van der Waals surface area contributed by atoms with E-state index in [0.717, 1.165) is 58.2 Å². The van der Waals surface area contributed by atoms with Crippen molar-refractivity contribution in [2.45, 2.75) is 44.3 Å². The third kappa shape index (κ3) is 5.36. The van der Waals surface area contributed by atoms with Crippen molar-refractivity contribution in [1.82, 2.24) is 29.1 Å². The SMILES string of the molecule is O=c1c2cn([C@H]3CCCC[C@@H]3Nc3ncccc3F)c3cccc(NCc4ccc(-n5cccn5)cc4)c3c-2nn1-c1ccccc1F. The number of para-hydroxylation sites is 1. The van der Waals surface area contributed by atoms with Gasteiger partial charge in [-0.15, -0.1) is 0 Å². The minimum Gasteiger partial charge on any atom is -0.380 e. The molecule has 0 saturated heterocycles. The van der Waals surface area contributed by atoms with Gasteiger partial charge < -0.3 is 15.2 Å². The summed E-state index contributed by atoms with van der Waals surface area (Å²) >= 11 is 0. The van der Waals surface area contributed by atoms with Gasteiger partial charge in [-0.25, -0.2) is 18.4 Å². The van der Waals surface area contributed by atoms with E-state index in [0.29, 0.717) is 17.8 Å². The number of halogens is 2. The summed E-state index contributed by atoms with van der Waals surface area (Å²) in [5.41, 5.74) is 4.18. The third-order valence-corrected chi connectivity index (χ3v) is 9.14. The second-order valence-electron chi connectivity index (χ2n) is 12.1. The van der Waals surface area contributed by atoms with Crippen molar-refractivity contribution in [3.8, 4) is 22.6 Å². The summed E-state index contributed by atoms with van der Waals surface area (Å²) in [4.78, 5) is 18.3. The molecule has 0 bridgehead atoms. The van der Waals surface area contributed by atoms with E-state index < -0.39 is 17.2 Å². The first-order valence-electron chi connectivity index (χ1n) is 16.1. The van der Waals surface area contributed by atoms with Gasteiger partial charge in [0.15, 0.2) is 11.6 Å². The second kappa shape index (κ2) is 12.4. The van der Waals surface area contributed by atoms with E-state index in [4.69, 9.17) is 5.10 Å². The van der Waals surface area contributed by atoms with E-state index in [9.17, 15) is 13.6 Å². The van der Waals surface area contributed by atoms with Gasteiger partial charge in [0.05, 0.1) is 22.8 Å². The van der Waals surface area contributed by atoms with Crippen molar-refractivity contribution in [3.05, 3.63) is 137 Å². The molecule has 9 nitrogen and oxygen atoms in total. The number of nitrogens with one attached hydrogen (secondary N) is 2. The maximum Gasteiger partial charge on any atom is 0.282 e. The summed E-state index contributed by atoms with van der Waals surface area (Å²) in [7, 11) is 0. The van der Waals surface area contributed by atoms with Gasteiger partial charge in [-0.3, -0.25) is 4.79 Å². The quantitative estimate of drug-likeness (QED) is 0.180. The molecule has 0 spiro atoms. The number of fused-ring (bicyclic) bond motifs is 3. The number of nitrogens with zero attached hydrogens (tertiary/aromatic N) is 6. The number of anilines is 2.